The zero-order valence-electron chi connectivity index (χ0n) is 9.79. The number of aromatic carboxylic acids is 1. The molecule has 0 saturated carbocycles. The van der Waals surface area contributed by atoms with Crippen molar-refractivity contribution in [2.24, 2.45) is 0 Å². The number of para-hydroxylation sites is 1. The van der Waals surface area contributed by atoms with Crippen molar-refractivity contribution in [3.05, 3.63) is 29.8 Å². The summed E-state index contributed by atoms with van der Waals surface area (Å²) in [4.78, 5) is 34.2. The Balaban J connectivity index is 3.09. The number of aliphatic carboxylic acids is 1. The molecule has 96 valence electrons. The highest BCUT2D eigenvalue weighted by Crippen LogP contribution is 2.20. The van der Waals surface area contributed by atoms with Gasteiger partial charge in [0, 0.05) is 13.5 Å². The first-order valence-electron chi connectivity index (χ1n) is 5.25. The molecule has 0 aliphatic rings. The highest BCUT2D eigenvalue weighted by atomic mass is 16.4. The van der Waals surface area contributed by atoms with E-state index in [4.69, 9.17) is 10.2 Å². The lowest BCUT2D eigenvalue weighted by Gasteiger charge is -2.21. The fourth-order valence-electron chi connectivity index (χ4n) is 1.54. The molecule has 6 heteroatoms. The topological polar surface area (TPSA) is 94.9 Å². The lowest BCUT2D eigenvalue weighted by molar-refractivity contribution is -0.136. The highest BCUT2D eigenvalue weighted by molar-refractivity contribution is 6.01. The number of carboxylic acids is 2. The molecular weight excluding hydrogens is 238 g/mol. The first kappa shape index (κ1) is 13.7. The summed E-state index contributed by atoms with van der Waals surface area (Å²) < 4.78 is 0. The molecule has 0 bridgehead atoms. The smallest absolute Gasteiger partial charge is 0.337 e. The third-order valence-corrected chi connectivity index (χ3v) is 2.35. The van der Waals surface area contributed by atoms with Gasteiger partial charge in [0.15, 0.2) is 0 Å². The van der Waals surface area contributed by atoms with E-state index in [0.717, 1.165) is 4.90 Å². The van der Waals surface area contributed by atoms with Gasteiger partial charge in [-0.25, -0.2) is 4.79 Å². The number of carboxylic acid groups (broad SMARTS) is 2. The van der Waals surface area contributed by atoms with Crippen molar-refractivity contribution in [2.45, 2.75) is 13.3 Å². The number of benzene rings is 1. The van der Waals surface area contributed by atoms with E-state index in [1.54, 1.807) is 12.1 Å². The van der Waals surface area contributed by atoms with E-state index < -0.39 is 17.8 Å². The summed E-state index contributed by atoms with van der Waals surface area (Å²) in [5.74, 6) is -2.61. The third kappa shape index (κ3) is 3.31. The van der Waals surface area contributed by atoms with Crippen LogP contribution in [0.4, 0.5) is 5.69 Å². The number of rotatable bonds is 5. The molecule has 0 atom stereocenters. The standard InChI is InChI=1S/C12H13NO5/c1-8(14)13(7-6-11(15)16)10-5-3-2-4-9(10)12(17)18/h2-5H,6-7H2,1H3,(H,15,16)(H,17,18). The molecule has 6 nitrogen and oxygen atoms in total. The Morgan fingerprint density at radius 3 is 2.28 bits per heavy atom. The second-order valence-electron chi connectivity index (χ2n) is 3.64. The van der Waals surface area contributed by atoms with Crippen molar-refractivity contribution in [3.8, 4) is 0 Å². The highest BCUT2D eigenvalue weighted by Gasteiger charge is 2.19. The van der Waals surface area contributed by atoms with Crippen molar-refractivity contribution in [1.82, 2.24) is 0 Å². The maximum absolute atomic E-state index is 11.5. The van der Waals surface area contributed by atoms with Crippen molar-refractivity contribution < 1.29 is 24.6 Å². The summed E-state index contributed by atoms with van der Waals surface area (Å²) in [7, 11) is 0. The molecule has 0 aliphatic heterocycles. The summed E-state index contributed by atoms with van der Waals surface area (Å²) in [6.07, 6.45) is -0.243. The third-order valence-electron chi connectivity index (χ3n) is 2.35. The van der Waals surface area contributed by atoms with E-state index in [9.17, 15) is 14.4 Å². The van der Waals surface area contributed by atoms with Crippen LogP contribution in [0.5, 0.6) is 0 Å². The zero-order chi connectivity index (χ0) is 13.7. The molecule has 0 spiro atoms. The van der Waals surface area contributed by atoms with Gasteiger partial charge < -0.3 is 15.1 Å². The average molecular weight is 251 g/mol. The maximum atomic E-state index is 11.5. The number of hydrogen-bond donors (Lipinski definition) is 2. The van der Waals surface area contributed by atoms with Gasteiger partial charge in [-0.1, -0.05) is 12.1 Å². The molecule has 0 aromatic heterocycles. The molecule has 1 amide bonds. The first-order chi connectivity index (χ1) is 8.43. The van der Waals surface area contributed by atoms with Crippen LogP contribution < -0.4 is 4.90 Å². The average Bonchev–Trinajstić information content (AvgIpc) is 2.28. The van der Waals surface area contributed by atoms with Crippen LogP contribution in [0.15, 0.2) is 24.3 Å². The lowest BCUT2D eigenvalue weighted by Crippen LogP contribution is -2.32. The molecule has 1 aromatic rings. The minimum Gasteiger partial charge on any atom is -0.481 e. The Labute approximate surface area is 103 Å². The summed E-state index contributed by atoms with van der Waals surface area (Å²) in [5, 5.41) is 17.6. The van der Waals surface area contributed by atoms with Gasteiger partial charge in [-0.2, -0.15) is 0 Å². The monoisotopic (exact) mass is 251 g/mol. The normalized spacial score (nSPS) is 9.83. The quantitative estimate of drug-likeness (QED) is 0.820. The predicted octanol–water partition coefficient (Wildman–Crippen LogP) is 1.21. The SMILES string of the molecule is CC(=O)N(CCC(=O)O)c1ccccc1C(=O)O. The number of carbonyl (C=O) groups excluding carboxylic acids is 1. The minimum absolute atomic E-state index is 0.0295. The zero-order valence-corrected chi connectivity index (χ0v) is 9.79. The van der Waals surface area contributed by atoms with E-state index in [-0.39, 0.29) is 24.2 Å². The van der Waals surface area contributed by atoms with E-state index in [1.807, 2.05) is 0 Å². The van der Waals surface area contributed by atoms with Gasteiger partial charge in [0.2, 0.25) is 5.91 Å². The Kier molecular flexibility index (Phi) is 4.42. The Bertz CT molecular complexity index is 483. The van der Waals surface area contributed by atoms with Gasteiger partial charge >= 0.3 is 11.9 Å². The summed E-state index contributed by atoms with van der Waals surface area (Å²) in [6, 6.07) is 5.99. The molecule has 1 aromatic carbocycles. The van der Waals surface area contributed by atoms with Crippen LogP contribution in [-0.4, -0.2) is 34.6 Å². The number of carbonyl (C=O) groups is 3. The fourth-order valence-corrected chi connectivity index (χ4v) is 1.54. The molecule has 18 heavy (non-hydrogen) atoms. The van der Waals surface area contributed by atoms with Crippen LogP contribution in [0.1, 0.15) is 23.7 Å². The number of hydrogen-bond acceptors (Lipinski definition) is 3. The summed E-state index contributed by atoms with van der Waals surface area (Å²) >= 11 is 0. The van der Waals surface area contributed by atoms with Crippen LogP contribution in [0.3, 0.4) is 0 Å². The van der Waals surface area contributed by atoms with E-state index >= 15 is 0 Å². The van der Waals surface area contributed by atoms with Gasteiger partial charge in [-0.15, -0.1) is 0 Å². The number of amides is 1. The summed E-state index contributed by atoms with van der Waals surface area (Å²) in [5.41, 5.74) is 0.178. The van der Waals surface area contributed by atoms with Crippen molar-refractivity contribution in [1.29, 1.82) is 0 Å². The van der Waals surface area contributed by atoms with Gasteiger partial charge in [0.25, 0.3) is 0 Å². The van der Waals surface area contributed by atoms with Crippen LogP contribution in [0, 0.1) is 0 Å². The molecule has 0 fully saturated rings. The van der Waals surface area contributed by atoms with Crippen LogP contribution >= 0.6 is 0 Å². The molecule has 1 rings (SSSR count). The Hall–Kier alpha value is -2.37. The predicted molar refractivity (Wildman–Crippen MR) is 63.7 cm³/mol. The van der Waals surface area contributed by atoms with Gasteiger partial charge in [-0.05, 0) is 12.1 Å². The molecule has 0 aliphatic carbocycles. The van der Waals surface area contributed by atoms with Crippen molar-refractivity contribution >= 4 is 23.5 Å². The van der Waals surface area contributed by atoms with Crippen molar-refractivity contribution in [3.63, 3.8) is 0 Å². The summed E-state index contributed by atoms with van der Waals surface area (Å²) in [6.45, 7) is 1.20. The first-order valence-corrected chi connectivity index (χ1v) is 5.25. The second-order valence-corrected chi connectivity index (χ2v) is 3.64. The molecule has 0 unspecified atom stereocenters. The molecule has 2 N–H and O–H groups in total. The van der Waals surface area contributed by atoms with Crippen LogP contribution in [0.2, 0.25) is 0 Å². The molecule has 0 saturated heterocycles. The van der Waals surface area contributed by atoms with Crippen LogP contribution in [0.25, 0.3) is 0 Å². The second kappa shape index (κ2) is 5.81. The van der Waals surface area contributed by atoms with Gasteiger partial charge in [-0.3, -0.25) is 9.59 Å². The Morgan fingerprint density at radius 2 is 1.78 bits per heavy atom. The molecule has 0 radical (unpaired) electrons. The van der Waals surface area contributed by atoms with Gasteiger partial charge in [0.05, 0.1) is 17.7 Å². The minimum atomic E-state index is -1.16. The largest absolute Gasteiger partial charge is 0.481 e. The van der Waals surface area contributed by atoms with Gasteiger partial charge in [0.1, 0.15) is 0 Å². The van der Waals surface area contributed by atoms with E-state index in [1.165, 1.54) is 19.1 Å². The lowest BCUT2D eigenvalue weighted by atomic mass is 10.1. The molecular formula is C12H13NO5. The molecule has 0 heterocycles. The van der Waals surface area contributed by atoms with Crippen molar-refractivity contribution in [2.75, 3.05) is 11.4 Å². The number of nitrogens with zero attached hydrogens (tertiary/aromatic N) is 1. The van der Waals surface area contributed by atoms with Crippen LogP contribution in [-0.2, 0) is 9.59 Å². The Morgan fingerprint density at radius 1 is 1.17 bits per heavy atom. The number of anilines is 1. The van der Waals surface area contributed by atoms with E-state index in [2.05, 4.69) is 0 Å². The fraction of sp³-hybridized carbons (Fsp3) is 0.250. The van der Waals surface area contributed by atoms with E-state index in [0.29, 0.717) is 0 Å². The maximum Gasteiger partial charge on any atom is 0.337 e.